The average Bonchev–Trinajstić information content (AvgIpc) is 2.92. The van der Waals surface area contributed by atoms with E-state index in [0.29, 0.717) is 32.7 Å². The Hall–Kier alpha value is -1.55. The molecule has 1 aromatic rings. The summed E-state index contributed by atoms with van der Waals surface area (Å²) in [6, 6.07) is 4.96. The number of rotatable bonds is 3. The van der Waals surface area contributed by atoms with Crippen molar-refractivity contribution in [3.05, 3.63) is 34.4 Å². The number of nitrogens with one attached hydrogen (secondary N) is 1. The van der Waals surface area contributed by atoms with Crippen LogP contribution in [0.1, 0.15) is 6.42 Å². The molecule has 0 bridgehead atoms. The van der Waals surface area contributed by atoms with E-state index in [1.54, 1.807) is 0 Å². The van der Waals surface area contributed by atoms with Crippen molar-refractivity contribution in [1.29, 1.82) is 0 Å². The number of sulfonamides is 1. The lowest BCUT2D eigenvalue weighted by atomic mass is 10.0. The average molecular weight is 327 g/mol. The van der Waals surface area contributed by atoms with E-state index in [9.17, 15) is 18.5 Å². The predicted molar refractivity (Wildman–Crippen MR) is 78.0 cm³/mol. The molecule has 2 heterocycles. The molecule has 0 radical (unpaired) electrons. The summed E-state index contributed by atoms with van der Waals surface area (Å²) in [5, 5.41) is 13.9. The highest BCUT2D eigenvalue weighted by Crippen LogP contribution is 2.31. The lowest BCUT2D eigenvalue weighted by Crippen LogP contribution is -2.51. The Morgan fingerprint density at radius 1 is 1.32 bits per heavy atom. The predicted octanol–water partition coefficient (Wildman–Crippen LogP) is 0.348. The van der Waals surface area contributed by atoms with E-state index in [1.807, 2.05) is 0 Å². The van der Waals surface area contributed by atoms with Crippen LogP contribution in [0.25, 0.3) is 0 Å². The van der Waals surface area contributed by atoms with E-state index in [4.69, 9.17) is 4.74 Å². The topological polar surface area (TPSA) is 102 Å². The number of ether oxygens (including phenoxy) is 1. The van der Waals surface area contributed by atoms with Crippen LogP contribution < -0.4 is 5.32 Å². The van der Waals surface area contributed by atoms with E-state index in [1.165, 1.54) is 28.6 Å². The van der Waals surface area contributed by atoms with Crippen LogP contribution in [0.3, 0.4) is 0 Å². The molecule has 22 heavy (non-hydrogen) atoms. The monoisotopic (exact) mass is 327 g/mol. The van der Waals surface area contributed by atoms with Crippen LogP contribution in [0, 0.1) is 10.1 Å². The molecule has 0 aliphatic carbocycles. The number of nitro groups is 1. The number of hydrogen-bond donors (Lipinski definition) is 1. The molecule has 1 unspecified atom stereocenters. The number of non-ortho nitro benzene ring substituents is 1. The molecule has 8 nitrogen and oxygen atoms in total. The van der Waals surface area contributed by atoms with Crippen LogP contribution in [0.15, 0.2) is 29.2 Å². The Kier molecular flexibility index (Phi) is 3.89. The van der Waals surface area contributed by atoms with Gasteiger partial charge in [0.05, 0.1) is 22.0 Å². The smallest absolute Gasteiger partial charge is 0.269 e. The van der Waals surface area contributed by atoms with Crippen LogP contribution in [-0.4, -0.2) is 56.0 Å². The van der Waals surface area contributed by atoms with Gasteiger partial charge in [-0.1, -0.05) is 0 Å². The molecule has 0 aromatic heterocycles. The highest BCUT2D eigenvalue weighted by Gasteiger charge is 2.44. The lowest BCUT2D eigenvalue weighted by molar-refractivity contribution is -0.384. The van der Waals surface area contributed by atoms with E-state index in [2.05, 4.69) is 5.32 Å². The van der Waals surface area contributed by atoms with Gasteiger partial charge >= 0.3 is 0 Å². The fraction of sp³-hybridized carbons (Fsp3) is 0.538. The minimum absolute atomic E-state index is 0.0684. The summed E-state index contributed by atoms with van der Waals surface area (Å²) in [4.78, 5) is 10.2. The van der Waals surface area contributed by atoms with Gasteiger partial charge in [-0.15, -0.1) is 0 Å². The SMILES string of the molecule is O=[N+]([O-])c1ccc(S(=O)(=O)N2CCC3(CNCCO3)C2)cc1. The van der Waals surface area contributed by atoms with Crippen LogP contribution >= 0.6 is 0 Å². The van der Waals surface area contributed by atoms with Gasteiger partial charge in [-0.2, -0.15) is 4.31 Å². The molecule has 9 heteroatoms. The molecular formula is C13H17N3O5S. The third-order valence-corrected chi connectivity index (χ3v) is 5.96. The van der Waals surface area contributed by atoms with Crippen molar-refractivity contribution in [2.45, 2.75) is 16.9 Å². The number of nitro benzene ring substituents is 1. The summed E-state index contributed by atoms with van der Waals surface area (Å²) in [6.45, 7) is 2.68. The van der Waals surface area contributed by atoms with Crippen molar-refractivity contribution in [3.63, 3.8) is 0 Å². The molecule has 3 rings (SSSR count). The Balaban J connectivity index is 1.80. The first-order valence-corrected chi connectivity index (χ1v) is 8.46. The number of benzene rings is 1. The van der Waals surface area contributed by atoms with Crippen LogP contribution in [0.2, 0.25) is 0 Å². The molecule has 1 N–H and O–H groups in total. The maximum atomic E-state index is 12.6. The first kappa shape index (κ1) is 15.3. The first-order valence-electron chi connectivity index (χ1n) is 7.02. The van der Waals surface area contributed by atoms with Gasteiger partial charge in [0.2, 0.25) is 10.0 Å². The Morgan fingerprint density at radius 3 is 2.64 bits per heavy atom. The Morgan fingerprint density at radius 2 is 2.05 bits per heavy atom. The molecule has 2 fully saturated rings. The van der Waals surface area contributed by atoms with E-state index < -0.39 is 20.5 Å². The van der Waals surface area contributed by atoms with Gasteiger partial charge in [0.15, 0.2) is 0 Å². The summed E-state index contributed by atoms with van der Waals surface area (Å²) in [5.74, 6) is 0. The second-order valence-corrected chi connectivity index (χ2v) is 7.49. The van der Waals surface area contributed by atoms with Gasteiger partial charge in [0, 0.05) is 38.3 Å². The molecule has 120 valence electrons. The van der Waals surface area contributed by atoms with Crippen molar-refractivity contribution < 1.29 is 18.1 Å². The highest BCUT2D eigenvalue weighted by atomic mass is 32.2. The van der Waals surface area contributed by atoms with E-state index in [-0.39, 0.29) is 10.6 Å². The molecule has 2 saturated heterocycles. The maximum Gasteiger partial charge on any atom is 0.269 e. The van der Waals surface area contributed by atoms with E-state index >= 15 is 0 Å². The highest BCUT2D eigenvalue weighted by molar-refractivity contribution is 7.89. The summed E-state index contributed by atoms with van der Waals surface area (Å²) >= 11 is 0. The second kappa shape index (κ2) is 5.58. The van der Waals surface area contributed by atoms with Crippen molar-refractivity contribution >= 4 is 15.7 Å². The fourth-order valence-electron chi connectivity index (χ4n) is 2.87. The number of nitrogens with zero attached hydrogens (tertiary/aromatic N) is 2. The number of hydrogen-bond acceptors (Lipinski definition) is 6. The molecule has 1 spiro atoms. The van der Waals surface area contributed by atoms with Gasteiger partial charge < -0.3 is 10.1 Å². The summed E-state index contributed by atoms with van der Waals surface area (Å²) in [5.41, 5.74) is -0.580. The quantitative estimate of drug-likeness (QED) is 0.635. The van der Waals surface area contributed by atoms with E-state index in [0.717, 1.165) is 6.54 Å². The lowest BCUT2D eigenvalue weighted by Gasteiger charge is -2.34. The Labute approximate surface area is 128 Å². The summed E-state index contributed by atoms with van der Waals surface area (Å²) in [6.07, 6.45) is 0.645. The second-order valence-electron chi connectivity index (χ2n) is 5.55. The van der Waals surface area contributed by atoms with Gasteiger partial charge in [0.25, 0.3) is 5.69 Å². The molecular weight excluding hydrogens is 310 g/mol. The normalized spacial score (nSPS) is 26.4. The third kappa shape index (κ3) is 2.72. The molecule has 1 aromatic carbocycles. The zero-order chi connectivity index (χ0) is 15.8. The summed E-state index contributed by atoms with van der Waals surface area (Å²) in [7, 11) is -3.65. The molecule has 2 aliphatic heterocycles. The molecule has 0 amide bonds. The van der Waals surface area contributed by atoms with Crippen molar-refractivity contribution in [1.82, 2.24) is 9.62 Å². The van der Waals surface area contributed by atoms with Crippen LogP contribution in [-0.2, 0) is 14.8 Å². The number of morpholine rings is 1. The molecule has 2 aliphatic rings. The minimum Gasteiger partial charge on any atom is -0.371 e. The van der Waals surface area contributed by atoms with Gasteiger partial charge in [-0.3, -0.25) is 10.1 Å². The van der Waals surface area contributed by atoms with Crippen molar-refractivity contribution in [2.24, 2.45) is 0 Å². The maximum absolute atomic E-state index is 12.6. The van der Waals surface area contributed by atoms with Crippen LogP contribution in [0.5, 0.6) is 0 Å². The summed E-state index contributed by atoms with van der Waals surface area (Å²) < 4.78 is 32.4. The van der Waals surface area contributed by atoms with Gasteiger partial charge in [-0.05, 0) is 18.6 Å². The fourth-order valence-corrected chi connectivity index (χ4v) is 4.39. The largest absolute Gasteiger partial charge is 0.371 e. The van der Waals surface area contributed by atoms with Crippen molar-refractivity contribution in [2.75, 3.05) is 32.8 Å². The van der Waals surface area contributed by atoms with Gasteiger partial charge in [-0.25, -0.2) is 8.42 Å². The van der Waals surface area contributed by atoms with Gasteiger partial charge in [0.1, 0.15) is 0 Å². The Bertz CT molecular complexity index is 667. The first-order chi connectivity index (χ1) is 10.4. The van der Waals surface area contributed by atoms with Crippen molar-refractivity contribution in [3.8, 4) is 0 Å². The van der Waals surface area contributed by atoms with Crippen LogP contribution in [0.4, 0.5) is 5.69 Å². The standard InChI is InChI=1S/C13H17N3O5S/c17-16(18)11-1-3-12(4-2-11)22(19,20)15-7-5-13(10-15)9-14-6-8-21-13/h1-4,14H,5-10H2. The zero-order valence-corrected chi connectivity index (χ0v) is 12.7. The molecule has 0 saturated carbocycles. The third-order valence-electron chi connectivity index (χ3n) is 4.10. The molecule has 1 atom stereocenters. The minimum atomic E-state index is -3.65. The zero-order valence-electron chi connectivity index (χ0n) is 11.9.